The molecule has 0 spiro atoms. The number of hydrogen-bond donors (Lipinski definition) is 0. The summed E-state index contributed by atoms with van der Waals surface area (Å²) in [6.45, 7) is 4.07. The van der Waals surface area contributed by atoms with Crippen LogP contribution in [0, 0.1) is 0 Å². The quantitative estimate of drug-likeness (QED) is 0.429. The minimum atomic E-state index is -1.63. The first-order chi connectivity index (χ1) is 12.3. The lowest BCUT2D eigenvalue weighted by molar-refractivity contribution is 0.414. The number of ether oxygens (including phenoxy) is 1. The highest BCUT2D eigenvalue weighted by molar-refractivity contribution is 7.89. The van der Waals surface area contributed by atoms with Crippen molar-refractivity contribution in [1.82, 2.24) is 0 Å². The van der Waals surface area contributed by atoms with E-state index in [9.17, 15) is 0 Å². The largest absolute Gasteiger partial charge is 0.497 e. The molecule has 0 saturated heterocycles. The van der Waals surface area contributed by atoms with Crippen molar-refractivity contribution in [2.45, 2.75) is 6.16 Å². The lowest BCUT2D eigenvalue weighted by Gasteiger charge is -2.27. The van der Waals surface area contributed by atoms with Crippen molar-refractivity contribution in [2.24, 2.45) is 0 Å². The van der Waals surface area contributed by atoms with E-state index in [0.29, 0.717) is 0 Å². The van der Waals surface area contributed by atoms with Crippen molar-refractivity contribution in [2.75, 3.05) is 13.3 Å². The first kappa shape index (κ1) is 17.5. The molecule has 0 bridgehead atoms. The van der Waals surface area contributed by atoms with E-state index >= 15 is 0 Å². The van der Waals surface area contributed by atoms with Crippen LogP contribution in [0.25, 0.3) is 0 Å². The molecule has 0 heterocycles. The number of allylic oxidation sites excluding steroid dienone is 1. The van der Waals surface area contributed by atoms with Crippen LogP contribution in [0.2, 0.25) is 0 Å². The van der Waals surface area contributed by atoms with Crippen LogP contribution in [0.3, 0.4) is 0 Å². The molecule has 0 aromatic heterocycles. The molecule has 3 rings (SSSR count). The van der Waals surface area contributed by atoms with E-state index in [1.54, 1.807) is 7.11 Å². The Morgan fingerprint density at radius 1 is 0.840 bits per heavy atom. The van der Waals surface area contributed by atoms with Gasteiger partial charge in [-0.2, -0.15) is 0 Å². The summed E-state index contributed by atoms with van der Waals surface area (Å²) in [4.78, 5) is 0. The first-order valence-corrected chi connectivity index (χ1v) is 10.7. The normalized spacial score (nSPS) is 11.1. The fraction of sp³-hybridized carbons (Fsp3) is 0.130. The molecule has 25 heavy (non-hydrogen) atoms. The van der Waals surface area contributed by atoms with Crippen LogP contribution in [0.4, 0.5) is 0 Å². The second-order valence-electron chi connectivity index (χ2n) is 6.12. The average Bonchev–Trinajstić information content (AvgIpc) is 2.69. The van der Waals surface area contributed by atoms with Crippen molar-refractivity contribution in [1.29, 1.82) is 0 Å². The molecular weight excluding hydrogens is 323 g/mol. The molecule has 0 aliphatic carbocycles. The molecule has 0 fully saturated rings. The van der Waals surface area contributed by atoms with Gasteiger partial charge in [-0.05, 0) is 42.0 Å². The molecule has 3 aromatic rings. The smallest absolute Gasteiger partial charge is 0.119 e. The molecule has 2 heteroatoms. The molecule has 0 amide bonds. The van der Waals surface area contributed by atoms with E-state index in [2.05, 4.69) is 91.5 Å². The minimum Gasteiger partial charge on any atom is -0.497 e. The maximum atomic E-state index is 5.43. The van der Waals surface area contributed by atoms with Gasteiger partial charge >= 0.3 is 0 Å². The molecule has 0 atom stereocenters. The summed E-state index contributed by atoms with van der Waals surface area (Å²) >= 11 is 0. The Morgan fingerprint density at radius 3 is 1.96 bits per heavy atom. The Morgan fingerprint density at radius 2 is 1.44 bits per heavy atom. The van der Waals surface area contributed by atoms with Crippen molar-refractivity contribution in [3.63, 3.8) is 0 Å². The van der Waals surface area contributed by atoms with E-state index in [-0.39, 0.29) is 0 Å². The monoisotopic (exact) mass is 347 g/mol. The highest BCUT2D eigenvalue weighted by Gasteiger charge is 2.41. The van der Waals surface area contributed by atoms with Gasteiger partial charge in [-0.3, -0.25) is 0 Å². The SMILES string of the molecule is C=CC[P+](Cc1cccc(OC)c1)(c1ccccc1)c1ccccc1. The first-order valence-electron chi connectivity index (χ1n) is 8.50. The van der Waals surface area contributed by atoms with Gasteiger partial charge in [0, 0.05) is 0 Å². The Bertz CT molecular complexity index is 772. The highest BCUT2D eigenvalue weighted by Crippen LogP contribution is 2.59. The zero-order valence-corrected chi connectivity index (χ0v) is 15.5. The Labute approximate surface area is 151 Å². The molecule has 0 N–H and O–H groups in total. The number of methoxy groups -OCH3 is 1. The van der Waals surface area contributed by atoms with Gasteiger partial charge < -0.3 is 4.74 Å². The average molecular weight is 347 g/mol. The van der Waals surface area contributed by atoms with Gasteiger partial charge in [0.15, 0.2) is 0 Å². The number of rotatable bonds is 7. The summed E-state index contributed by atoms with van der Waals surface area (Å²) in [5.41, 5.74) is 1.31. The van der Waals surface area contributed by atoms with Gasteiger partial charge in [0.05, 0.1) is 37.3 Å². The van der Waals surface area contributed by atoms with Gasteiger partial charge in [0.1, 0.15) is 5.75 Å². The van der Waals surface area contributed by atoms with Crippen LogP contribution >= 0.6 is 7.26 Å². The lowest BCUT2D eigenvalue weighted by Crippen LogP contribution is -2.26. The Balaban J connectivity index is 2.14. The van der Waals surface area contributed by atoms with Gasteiger partial charge in [-0.1, -0.05) is 61.2 Å². The zero-order valence-electron chi connectivity index (χ0n) is 14.6. The third kappa shape index (κ3) is 3.83. The third-order valence-electron chi connectivity index (χ3n) is 4.53. The fourth-order valence-corrected chi connectivity index (χ4v) is 7.30. The molecule has 0 radical (unpaired) electrons. The standard InChI is InChI=1S/C23H24OP/c1-3-17-25(22-13-6-4-7-14-22,23-15-8-5-9-16-23)19-20-11-10-12-21(18-20)24-2/h3-16,18H,1,17,19H2,2H3/q+1. The summed E-state index contributed by atoms with van der Waals surface area (Å²) < 4.78 is 5.43. The van der Waals surface area contributed by atoms with Crippen LogP contribution in [0.1, 0.15) is 5.56 Å². The van der Waals surface area contributed by atoms with E-state index in [4.69, 9.17) is 4.74 Å². The Hall–Kier alpha value is -2.37. The number of benzene rings is 3. The van der Waals surface area contributed by atoms with Gasteiger partial charge in [0.25, 0.3) is 0 Å². The Kier molecular flexibility index (Phi) is 5.68. The highest BCUT2D eigenvalue weighted by atomic mass is 31.2. The molecule has 0 unspecified atom stereocenters. The summed E-state index contributed by atoms with van der Waals surface area (Å²) in [6, 6.07) is 30.2. The van der Waals surface area contributed by atoms with Gasteiger partial charge in [0.2, 0.25) is 0 Å². The van der Waals surface area contributed by atoms with Crippen LogP contribution in [-0.4, -0.2) is 13.3 Å². The van der Waals surface area contributed by atoms with Crippen molar-refractivity contribution < 1.29 is 4.74 Å². The lowest BCUT2D eigenvalue weighted by atomic mass is 10.2. The van der Waals surface area contributed by atoms with Gasteiger partial charge in [-0.25, -0.2) is 0 Å². The molecule has 0 saturated carbocycles. The predicted molar refractivity (Wildman–Crippen MR) is 111 cm³/mol. The molecule has 1 nitrogen and oxygen atoms in total. The maximum absolute atomic E-state index is 5.43. The van der Waals surface area contributed by atoms with E-state index < -0.39 is 7.26 Å². The third-order valence-corrected chi connectivity index (χ3v) is 8.89. The van der Waals surface area contributed by atoms with E-state index in [1.165, 1.54) is 16.2 Å². The minimum absolute atomic E-state index is 0.912. The summed E-state index contributed by atoms with van der Waals surface area (Å²) in [7, 11) is 0.0951. The maximum Gasteiger partial charge on any atom is 0.119 e. The van der Waals surface area contributed by atoms with Crippen LogP contribution in [0.15, 0.2) is 97.6 Å². The topological polar surface area (TPSA) is 9.23 Å². The van der Waals surface area contributed by atoms with Crippen molar-refractivity contribution in [3.8, 4) is 5.75 Å². The zero-order chi connectivity index (χ0) is 17.5. The second-order valence-corrected chi connectivity index (χ2v) is 9.77. The second kappa shape index (κ2) is 8.14. The molecule has 0 aliphatic heterocycles. The van der Waals surface area contributed by atoms with E-state index in [1.807, 2.05) is 6.07 Å². The van der Waals surface area contributed by atoms with Crippen LogP contribution < -0.4 is 15.3 Å². The summed E-state index contributed by atoms with van der Waals surface area (Å²) in [5, 5.41) is 2.84. The van der Waals surface area contributed by atoms with E-state index in [0.717, 1.165) is 18.1 Å². The molecular formula is C23H24OP+. The van der Waals surface area contributed by atoms with Crippen molar-refractivity contribution in [3.05, 3.63) is 103 Å². The molecule has 0 aliphatic rings. The predicted octanol–water partition coefficient (Wildman–Crippen LogP) is 5.05. The number of hydrogen-bond acceptors (Lipinski definition) is 1. The molecule has 3 aromatic carbocycles. The summed E-state index contributed by atoms with van der Waals surface area (Å²) in [6.07, 6.45) is 4.07. The molecule has 126 valence electrons. The van der Waals surface area contributed by atoms with Gasteiger partial charge in [-0.15, -0.1) is 0 Å². The summed E-state index contributed by atoms with van der Waals surface area (Å²) in [5.74, 6) is 0.912. The van der Waals surface area contributed by atoms with Crippen molar-refractivity contribution >= 4 is 17.9 Å². The van der Waals surface area contributed by atoms with Crippen LogP contribution in [0.5, 0.6) is 5.75 Å². The fourth-order valence-electron chi connectivity index (χ4n) is 3.34. The van der Waals surface area contributed by atoms with Crippen LogP contribution in [-0.2, 0) is 6.16 Å².